The number of rotatable bonds is 6. The van der Waals surface area contributed by atoms with E-state index in [4.69, 9.17) is 4.74 Å². The van der Waals surface area contributed by atoms with Crippen LogP contribution in [0.2, 0.25) is 0 Å². The molecule has 4 atom stereocenters. The molecule has 1 aliphatic rings. The first-order valence-corrected chi connectivity index (χ1v) is 12.6. The van der Waals surface area contributed by atoms with Gasteiger partial charge in [0, 0.05) is 55.1 Å². The lowest BCUT2D eigenvalue weighted by Gasteiger charge is -2.37. The SMILES string of the molecule is C[C@H](O)C#Cc1ccc2c(c1)O[C@@H](CN(C)Cc1cncnc1)[C@@H](C)CN([C@H](C)CO)S2(=O)=O. The van der Waals surface area contributed by atoms with Crippen molar-refractivity contribution in [1.82, 2.24) is 19.2 Å². The van der Waals surface area contributed by atoms with Crippen LogP contribution in [0.5, 0.6) is 5.75 Å². The number of aliphatic hydroxyl groups is 2. The third-order valence-electron chi connectivity index (χ3n) is 5.65. The van der Waals surface area contributed by atoms with Crippen molar-refractivity contribution < 1.29 is 23.4 Å². The smallest absolute Gasteiger partial charge is 0.247 e. The fourth-order valence-electron chi connectivity index (χ4n) is 3.80. The minimum atomic E-state index is -3.91. The maximum Gasteiger partial charge on any atom is 0.247 e. The van der Waals surface area contributed by atoms with E-state index in [9.17, 15) is 18.6 Å². The fraction of sp³-hybridized carbons (Fsp3) is 0.500. The Kier molecular flexibility index (Phi) is 8.62. The summed E-state index contributed by atoms with van der Waals surface area (Å²) >= 11 is 0. The summed E-state index contributed by atoms with van der Waals surface area (Å²) in [5.41, 5.74) is 1.50. The summed E-state index contributed by atoms with van der Waals surface area (Å²) in [6.07, 6.45) is 3.85. The second-order valence-electron chi connectivity index (χ2n) is 8.79. The van der Waals surface area contributed by atoms with Crippen LogP contribution in [-0.4, -0.2) is 82.8 Å². The third-order valence-corrected chi connectivity index (χ3v) is 7.67. The lowest BCUT2D eigenvalue weighted by atomic mass is 10.0. The molecule has 2 aromatic rings. The summed E-state index contributed by atoms with van der Waals surface area (Å²) in [5, 5.41) is 19.2. The number of likely N-dealkylation sites (N-methyl/N-ethyl adjacent to an activating group) is 1. The Bertz CT molecular complexity index is 1130. The first-order chi connectivity index (χ1) is 16.1. The summed E-state index contributed by atoms with van der Waals surface area (Å²) in [7, 11) is -1.96. The molecule has 2 heterocycles. The molecule has 34 heavy (non-hydrogen) atoms. The molecular weight excluding hydrogens is 456 g/mol. The molecule has 1 aromatic carbocycles. The molecule has 0 saturated carbocycles. The fourth-order valence-corrected chi connectivity index (χ4v) is 5.63. The van der Waals surface area contributed by atoms with Gasteiger partial charge in [-0.3, -0.25) is 4.90 Å². The van der Waals surface area contributed by atoms with Crippen LogP contribution in [-0.2, 0) is 16.6 Å². The van der Waals surface area contributed by atoms with Crippen molar-refractivity contribution in [2.45, 2.75) is 50.5 Å². The first kappa shape index (κ1) is 26.1. The summed E-state index contributed by atoms with van der Waals surface area (Å²) in [6, 6.07) is 4.08. The van der Waals surface area contributed by atoms with E-state index in [-0.39, 0.29) is 35.8 Å². The molecule has 184 valence electrons. The molecule has 0 spiro atoms. The Balaban J connectivity index is 1.99. The van der Waals surface area contributed by atoms with E-state index in [1.54, 1.807) is 38.4 Å². The molecule has 0 unspecified atom stereocenters. The number of aromatic nitrogens is 2. The average Bonchev–Trinajstić information content (AvgIpc) is 2.80. The van der Waals surface area contributed by atoms with Gasteiger partial charge in [-0.15, -0.1) is 0 Å². The predicted molar refractivity (Wildman–Crippen MR) is 127 cm³/mol. The molecular formula is C24H32N4O5S. The van der Waals surface area contributed by atoms with Gasteiger partial charge in [-0.05, 0) is 39.1 Å². The summed E-state index contributed by atoms with van der Waals surface area (Å²) in [6.45, 7) is 6.24. The monoisotopic (exact) mass is 488 g/mol. The molecule has 2 N–H and O–H groups in total. The van der Waals surface area contributed by atoms with Gasteiger partial charge in [0.1, 0.15) is 29.2 Å². The molecule has 0 aliphatic carbocycles. The molecule has 10 heteroatoms. The number of hydrogen-bond acceptors (Lipinski definition) is 8. The summed E-state index contributed by atoms with van der Waals surface area (Å²) < 4.78 is 34.7. The third kappa shape index (κ3) is 6.31. The molecule has 0 radical (unpaired) electrons. The van der Waals surface area contributed by atoms with Crippen molar-refractivity contribution in [1.29, 1.82) is 0 Å². The minimum absolute atomic E-state index is 0.0337. The minimum Gasteiger partial charge on any atom is -0.487 e. The predicted octanol–water partition coefficient (Wildman–Crippen LogP) is 1.11. The number of sulfonamides is 1. The first-order valence-electron chi connectivity index (χ1n) is 11.2. The quantitative estimate of drug-likeness (QED) is 0.581. The Morgan fingerprint density at radius 1 is 1.29 bits per heavy atom. The van der Waals surface area contributed by atoms with E-state index in [2.05, 4.69) is 26.7 Å². The van der Waals surface area contributed by atoms with E-state index < -0.39 is 22.2 Å². The number of benzene rings is 1. The van der Waals surface area contributed by atoms with Gasteiger partial charge in [0.15, 0.2) is 0 Å². The van der Waals surface area contributed by atoms with Crippen LogP contribution < -0.4 is 4.74 Å². The zero-order valence-corrected chi connectivity index (χ0v) is 20.7. The van der Waals surface area contributed by atoms with Gasteiger partial charge < -0.3 is 14.9 Å². The van der Waals surface area contributed by atoms with Gasteiger partial charge in [0.2, 0.25) is 10.0 Å². The average molecular weight is 489 g/mol. The van der Waals surface area contributed by atoms with Crippen molar-refractivity contribution in [3.63, 3.8) is 0 Å². The van der Waals surface area contributed by atoms with E-state index >= 15 is 0 Å². The summed E-state index contributed by atoms with van der Waals surface area (Å²) in [5.74, 6) is 5.56. The van der Waals surface area contributed by atoms with Crippen molar-refractivity contribution in [3.05, 3.63) is 48.0 Å². The van der Waals surface area contributed by atoms with Crippen LogP contribution in [0.25, 0.3) is 0 Å². The number of ether oxygens (including phenoxy) is 1. The molecule has 0 bridgehead atoms. The van der Waals surface area contributed by atoms with Gasteiger partial charge in [-0.25, -0.2) is 18.4 Å². The van der Waals surface area contributed by atoms with Crippen LogP contribution in [0.3, 0.4) is 0 Å². The van der Waals surface area contributed by atoms with Crippen LogP contribution >= 0.6 is 0 Å². The van der Waals surface area contributed by atoms with Crippen molar-refractivity contribution in [2.24, 2.45) is 5.92 Å². The molecule has 1 aliphatic heterocycles. The van der Waals surface area contributed by atoms with Gasteiger partial charge in [-0.1, -0.05) is 18.8 Å². The van der Waals surface area contributed by atoms with Gasteiger partial charge in [-0.2, -0.15) is 4.31 Å². The van der Waals surface area contributed by atoms with E-state index in [0.29, 0.717) is 18.7 Å². The van der Waals surface area contributed by atoms with Crippen LogP contribution in [0.1, 0.15) is 31.9 Å². The Hall–Kier alpha value is -2.55. The van der Waals surface area contributed by atoms with Crippen molar-refractivity contribution in [2.75, 3.05) is 26.7 Å². The standard InChI is InChI=1S/C24H32N4O5S/c1-17-12-28(18(2)15-29)34(31,32)24-8-7-20(6-5-19(3)30)9-22(24)33-23(17)14-27(4)13-21-10-25-16-26-11-21/h7-11,16-19,23,29-30H,12-15H2,1-4H3/t17-,18+,19-,23-/m0/s1. The Morgan fingerprint density at radius 3 is 2.65 bits per heavy atom. The normalized spacial score (nSPS) is 21.9. The Morgan fingerprint density at radius 2 is 2.00 bits per heavy atom. The molecule has 3 rings (SSSR count). The largest absolute Gasteiger partial charge is 0.487 e. The lowest BCUT2D eigenvalue weighted by Crippen LogP contribution is -2.49. The molecule has 0 amide bonds. The Labute approximate surface area is 201 Å². The van der Waals surface area contributed by atoms with Crippen LogP contribution in [0.4, 0.5) is 0 Å². The molecule has 1 aromatic heterocycles. The second-order valence-corrected chi connectivity index (χ2v) is 10.6. The molecule has 0 saturated heterocycles. The van der Waals surface area contributed by atoms with Crippen LogP contribution in [0, 0.1) is 17.8 Å². The lowest BCUT2D eigenvalue weighted by molar-refractivity contribution is 0.0733. The van der Waals surface area contributed by atoms with Gasteiger partial charge >= 0.3 is 0 Å². The van der Waals surface area contributed by atoms with Gasteiger partial charge in [0.25, 0.3) is 0 Å². The topological polar surface area (TPSA) is 116 Å². The van der Waals surface area contributed by atoms with Crippen molar-refractivity contribution in [3.8, 4) is 17.6 Å². The maximum absolute atomic E-state index is 13.5. The number of nitrogens with zero attached hydrogens (tertiary/aromatic N) is 4. The number of aliphatic hydroxyl groups excluding tert-OH is 2. The maximum atomic E-state index is 13.5. The highest BCUT2D eigenvalue weighted by molar-refractivity contribution is 7.89. The molecule has 0 fully saturated rings. The zero-order chi connectivity index (χ0) is 24.9. The van der Waals surface area contributed by atoms with Crippen molar-refractivity contribution >= 4 is 10.0 Å². The highest BCUT2D eigenvalue weighted by Gasteiger charge is 2.38. The second kappa shape index (κ2) is 11.3. The highest BCUT2D eigenvalue weighted by atomic mass is 32.2. The highest BCUT2D eigenvalue weighted by Crippen LogP contribution is 2.34. The summed E-state index contributed by atoms with van der Waals surface area (Å²) in [4.78, 5) is 10.2. The van der Waals surface area contributed by atoms with E-state index in [1.165, 1.54) is 16.7 Å². The van der Waals surface area contributed by atoms with Gasteiger partial charge in [0.05, 0.1) is 6.61 Å². The molecule has 9 nitrogen and oxygen atoms in total. The zero-order valence-electron chi connectivity index (χ0n) is 19.9. The number of hydrogen-bond donors (Lipinski definition) is 2. The van der Waals surface area contributed by atoms with Crippen LogP contribution in [0.15, 0.2) is 41.8 Å². The van der Waals surface area contributed by atoms with E-state index in [0.717, 1.165) is 5.56 Å². The number of fused-ring (bicyclic) bond motifs is 1. The van der Waals surface area contributed by atoms with E-state index in [1.807, 2.05) is 14.0 Å².